The van der Waals surface area contributed by atoms with Crippen LogP contribution in [0.4, 0.5) is 4.79 Å². The van der Waals surface area contributed by atoms with Crippen molar-refractivity contribution in [3.8, 4) is 0 Å². The summed E-state index contributed by atoms with van der Waals surface area (Å²) in [5.74, 6) is -1.34. The second kappa shape index (κ2) is 6.38. The number of carboxylic acid groups (broad SMARTS) is 1. The SMILES string of the molecule is CC(C)(C)OC(=O)N[C@@H](C(=O)O)[C@@H](O)c1ccccc1. The van der Waals surface area contributed by atoms with Gasteiger partial charge in [0.05, 0.1) is 0 Å². The number of ether oxygens (including phenoxy) is 1. The Kier molecular flexibility index (Phi) is 5.10. The van der Waals surface area contributed by atoms with Crippen LogP contribution < -0.4 is 5.32 Å². The van der Waals surface area contributed by atoms with Crippen molar-refractivity contribution in [1.29, 1.82) is 0 Å². The standard InChI is InChI=1S/C14H19NO5/c1-14(2,3)20-13(19)15-10(12(17)18)11(16)9-7-5-4-6-8-9/h4-8,10-11,16H,1-3H3,(H,15,19)(H,17,18)/t10-,11+/m1/s1. The summed E-state index contributed by atoms with van der Waals surface area (Å²) in [7, 11) is 0. The number of amides is 1. The molecule has 2 atom stereocenters. The van der Waals surface area contributed by atoms with Gasteiger partial charge < -0.3 is 20.3 Å². The highest BCUT2D eigenvalue weighted by atomic mass is 16.6. The van der Waals surface area contributed by atoms with E-state index in [9.17, 15) is 14.7 Å². The lowest BCUT2D eigenvalue weighted by Gasteiger charge is -2.24. The normalized spacial score (nSPS) is 14.2. The van der Waals surface area contributed by atoms with E-state index in [0.29, 0.717) is 5.56 Å². The Morgan fingerprint density at radius 3 is 2.20 bits per heavy atom. The lowest BCUT2D eigenvalue weighted by atomic mass is 10.0. The molecule has 0 aliphatic carbocycles. The maximum absolute atomic E-state index is 11.6. The van der Waals surface area contributed by atoms with Gasteiger partial charge in [-0.25, -0.2) is 9.59 Å². The van der Waals surface area contributed by atoms with Crippen molar-refractivity contribution in [2.45, 2.75) is 38.5 Å². The summed E-state index contributed by atoms with van der Waals surface area (Å²) in [5.41, 5.74) is -0.346. The van der Waals surface area contributed by atoms with Crippen LogP contribution in [0, 0.1) is 0 Å². The number of aliphatic hydroxyl groups excluding tert-OH is 1. The average Bonchev–Trinajstić information content (AvgIpc) is 2.34. The van der Waals surface area contributed by atoms with Crippen LogP contribution in [0.3, 0.4) is 0 Å². The zero-order chi connectivity index (χ0) is 15.3. The van der Waals surface area contributed by atoms with Gasteiger partial charge in [-0.05, 0) is 26.3 Å². The van der Waals surface area contributed by atoms with Gasteiger partial charge in [-0.3, -0.25) is 0 Å². The van der Waals surface area contributed by atoms with Gasteiger partial charge >= 0.3 is 12.1 Å². The molecule has 0 aromatic heterocycles. The van der Waals surface area contributed by atoms with E-state index in [1.165, 1.54) is 0 Å². The summed E-state index contributed by atoms with van der Waals surface area (Å²) < 4.78 is 4.98. The first-order valence-electron chi connectivity index (χ1n) is 6.16. The Morgan fingerprint density at radius 1 is 1.20 bits per heavy atom. The number of alkyl carbamates (subject to hydrolysis) is 1. The Bertz CT molecular complexity index is 466. The minimum Gasteiger partial charge on any atom is -0.480 e. The smallest absolute Gasteiger partial charge is 0.408 e. The molecular formula is C14H19NO5. The van der Waals surface area contributed by atoms with E-state index < -0.39 is 29.8 Å². The third kappa shape index (κ3) is 4.89. The highest BCUT2D eigenvalue weighted by molar-refractivity contribution is 5.80. The van der Waals surface area contributed by atoms with Crippen molar-refractivity contribution in [2.75, 3.05) is 0 Å². The Hall–Kier alpha value is -2.08. The average molecular weight is 281 g/mol. The zero-order valence-corrected chi connectivity index (χ0v) is 11.7. The van der Waals surface area contributed by atoms with Crippen LogP contribution in [-0.4, -0.2) is 33.9 Å². The van der Waals surface area contributed by atoms with Crippen molar-refractivity contribution in [2.24, 2.45) is 0 Å². The maximum Gasteiger partial charge on any atom is 0.408 e. The summed E-state index contributed by atoms with van der Waals surface area (Å²) in [5, 5.41) is 21.3. The van der Waals surface area contributed by atoms with Crippen LogP contribution in [0.1, 0.15) is 32.4 Å². The summed E-state index contributed by atoms with van der Waals surface area (Å²) in [6, 6.07) is 6.77. The summed E-state index contributed by atoms with van der Waals surface area (Å²) in [4.78, 5) is 22.8. The fourth-order valence-corrected chi connectivity index (χ4v) is 1.55. The van der Waals surface area contributed by atoms with Gasteiger partial charge in [-0.1, -0.05) is 30.3 Å². The number of carboxylic acids is 1. The Balaban J connectivity index is 2.80. The van der Waals surface area contributed by atoms with Gasteiger partial charge in [-0.15, -0.1) is 0 Å². The van der Waals surface area contributed by atoms with E-state index in [0.717, 1.165) is 0 Å². The van der Waals surface area contributed by atoms with Crippen LogP contribution in [-0.2, 0) is 9.53 Å². The molecule has 3 N–H and O–H groups in total. The molecule has 6 nitrogen and oxygen atoms in total. The van der Waals surface area contributed by atoms with Crippen molar-refractivity contribution >= 4 is 12.1 Å². The summed E-state index contributed by atoms with van der Waals surface area (Å²) in [6.07, 6.45) is -2.25. The fraction of sp³-hybridized carbons (Fsp3) is 0.429. The number of carbonyl (C=O) groups excluding carboxylic acids is 1. The Morgan fingerprint density at radius 2 is 1.75 bits per heavy atom. The van der Waals surface area contributed by atoms with Crippen LogP contribution in [0.5, 0.6) is 0 Å². The number of aliphatic hydroxyl groups is 1. The third-order valence-corrected chi connectivity index (χ3v) is 2.40. The molecule has 0 heterocycles. The van der Waals surface area contributed by atoms with Gasteiger partial charge in [0.2, 0.25) is 0 Å². The van der Waals surface area contributed by atoms with Gasteiger partial charge in [0, 0.05) is 0 Å². The van der Waals surface area contributed by atoms with Gasteiger partial charge in [-0.2, -0.15) is 0 Å². The first-order chi connectivity index (χ1) is 9.20. The first-order valence-corrected chi connectivity index (χ1v) is 6.16. The van der Waals surface area contributed by atoms with Crippen molar-refractivity contribution in [1.82, 2.24) is 5.32 Å². The molecule has 6 heteroatoms. The van der Waals surface area contributed by atoms with Crippen LogP contribution in [0.2, 0.25) is 0 Å². The molecule has 0 radical (unpaired) electrons. The molecule has 1 amide bonds. The van der Waals surface area contributed by atoms with E-state index in [1.54, 1.807) is 51.1 Å². The molecule has 110 valence electrons. The van der Waals surface area contributed by atoms with E-state index in [4.69, 9.17) is 9.84 Å². The van der Waals surface area contributed by atoms with Crippen molar-refractivity contribution in [3.05, 3.63) is 35.9 Å². The van der Waals surface area contributed by atoms with Gasteiger partial charge in [0.15, 0.2) is 6.04 Å². The predicted molar refractivity (Wildman–Crippen MR) is 72.2 cm³/mol. The molecule has 20 heavy (non-hydrogen) atoms. The largest absolute Gasteiger partial charge is 0.480 e. The molecule has 0 bridgehead atoms. The molecule has 0 unspecified atom stereocenters. The maximum atomic E-state index is 11.6. The first kappa shape index (κ1) is 16.0. The number of benzene rings is 1. The number of hydrogen-bond acceptors (Lipinski definition) is 4. The Labute approximate surface area is 117 Å². The highest BCUT2D eigenvalue weighted by Gasteiger charge is 2.31. The van der Waals surface area contributed by atoms with E-state index in [-0.39, 0.29) is 0 Å². The minimum absolute atomic E-state index is 0.399. The summed E-state index contributed by atoms with van der Waals surface area (Å²) >= 11 is 0. The topological polar surface area (TPSA) is 95.9 Å². The second-order valence-corrected chi connectivity index (χ2v) is 5.32. The monoisotopic (exact) mass is 281 g/mol. The molecule has 1 aromatic rings. The van der Waals surface area contributed by atoms with E-state index in [2.05, 4.69) is 5.32 Å². The molecule has 1 rings (SSSR count). The van der Waals surface area contributed by atoms with Crippen LogP contribution in [0.15, 0.2) is 30.3 Å². The number of hydrogen-bond donors (Lipinski definition) is 3. The van der Waals surface area contributed by atoms with Crippen molar-refractivity contribution in [3.63, 3.8) is 0 Å². The molecule has 0 aliphatic heterocycles. The number of rotatable bonds is 4. The predicted octanol–water partition coefficient (Wildman–Crippen LogP) is 1.70. The second-order valence-electron chi connectivity index (χ2n) is 5.32. The third-order valence-electron chi connectivity index (χ3n) is 2.40. The molecule has 0 aliphatic rings. The number of carbonyl (C=O) groups is 2. The lowest BCUT2D eigenvalue weighted by Crippen LogP contribution is -2.46. The van der Waals surface area contributed by atoms with Gasteiger partial charge in [0.25, 0.3) is 0 Å². The van der Waals surface area contributed by atoms with Crippen LogP contribution in [0.25, 0.3) is 0 Å². The molecule has 0 saturated carbocycles. The van der Waals surface area contributed by atoms with Gasteiger partial charge in [0.1, 0.15) is 11.7 Å². The number of aliphatic carboxylic acids is 1. The van der Waals surface area contributed by atoms with E-state index in [1.807, 2.05) is 0 Å². The summed E-state index contributed by atoms with van der Waals surface area (Å²) in [6.45, 7) is 4.99. The lowest BCUT2D eigenvalue weighted by molar-refractivity contribution is -0.142. The molecular weight excluding hydrogens is 262 g/mol. The zero-order valence-electron chi connectivity index (χ0n) is 11.7. The highest BCUT2D eigenvalue weighted by Crippen LogP contribution is 2.17. The van der Waals surface area contributed by atoms with Crippen LogP contribution >= 0.6 is 0 Å². The molecule has 0 saturated heterocycles. The molecule has 0 fully saturated rings. The fourth-order valence-electron chi connectivity index (χ4n) is 1.55. The number of nitrogens with one attached hydrogen (secondary N) is 1. The quantitative estimate of drug-likeness (QED) is 0.780. The van der Waals surface area contributed by atoms with Crippen molar-refractivity contribution < 1.29 is 24.5 Å². The molecule has 0 spiro atoms. The molecule has 1 aromatic carbocycles. The van der Waals surface area contributed by atoms with E-state index >= 15 is 0 Å². The minimum atomic E-state index is -1.48.